The summed E-state index contributed by atoms with van der Waals surface area (Å²) in [5.41, 5.74) is -0.144. The third kappa shape index (κ3) is 5.94. The highest BCUT2D eigenvalue weighted by Gasteiger charge is 2.27. The molecule has 11 heteroatoms. The standard InChI is InChI=1S/C22H14ClN3O6S/c23-17-8-10-18(11-9-17)25-22(27)16(14-24)12-15-4-3-5-19(13-15)32-33(30,31)21-7-2-1-6-20(21)26(28)29/h1-13H,(H,25,27)/b16-12+. The Hall–Kier alpha value is -4.20. The van der Waals surface area contributed by atoms with Gasteiger partial charge >= 0.3 is 10.1 Å². The number of carbonyl (C=O) groups excluding carboxylic acids is 1. The molecule has 0 aromatic heterocycles. The molecule has 33 heavy (non-hydrogen) atoms. The first-order chi connectivity index (χ1) is 15.7. The fraction of sp³-hybridized carbons (Fsp3) is 0. The Balaban J connectivity index is 1.84. The van der Waals surface area contributed by atoms with Crippen molar-refractivity contribution >= 4 is 45.1 Å². The fourth-order valence-electron chi connectivity index (χ4n) is 2.69. The van der Waals surface area contributed by atoms with E-state index in [1.165, 1.54) is 42.5 Å². The van der Waals surface area contributed by atoms with Crippen LogP contribution in [0.3, 0.4) is 0 Å². The smallest absolute Gasteiger partial charge is 0.346 e. The van der Waals surface area contributed by atoms with E-state index in [0.717, 1.165) is 12.1 Å². The molecule has 0 saturated heterocycles. The van der Waals surface area contributed by atoms with E-state index in [0.29, 0.717) is 16.3 Å². The first-order valence-electron chi connectivity index (χ1n) is 9.16. The number of amides is 1. The maximum Gasteiger partial charge on any atom is 0.346 e. The highest BCUT2D eigenvalue weighted by atomic mass is 35.5. The zero-order valence-corrected chi connectivity index (χ0v) is 18.2. The number of hydrogen-bond acceptors (Lipinski definition) is 7. The SMILES string of the molecule is N#C/C(=C\c1cccc(OS(=O)(=O)c2ccccc2[N+](=O)[O-])c1)C(=O)Nc1ccc(Cl)cc1. The van der Waals surface area contributed by atoms with Crippen LogP contribution in [0, 0.1) is 21.4 Å². The second-order valence-corrected chi connectivity index (χ2v) is 8.42. The molecule has 166 valence electrons. The van der Waals surface area contributed by atoms with E-state index in [1.54, 1.807) is 30.3 Å². The predicted octanol–water partition coefficient (Wildman–Crippen LogP) is 4.56. The molecule has 0 aliphatic rings. The van der Waals surface area contributed by atoms with Crippen molar-refractivity contribution in [2.45, 2.75) is 4.90 Å². The lowest BCUT2D eigenvalue weighted by Crippen LogP contribution is -2.13. The molecule has 0 aliphatic heterocycles. The van der Waals surface area contributed by atoms with Crippen LogP contribution in [-0.2, 0) is 14.9 Å². The van der Waals surface area contributed by atoms with Gasteiger partial charge in [-0.15, -0.1) is 0 Å². The molecule has 0 atom stereocenters. The minimum absolute atomic E-state index is 0.155. The quantitative estimate of drug-likeness (QED) is 0.171. The van der Waals surface area contributed by atoms with E-state index in [1.807, 2.05) is 0 Å². The second-order valence-electron chi connectivity index (χ2n) is 6.47. The van der Waals surface area contributed by atoms with Crippen molar-refractivity contribution in [3.8, 4) is 11.8 Å². The summed E-state index contributed by atoms with van der Waals surface area (Å²) >= 11 is 5.80. The molecular formula is C22H14ClN3O6S. The van der Waals surface area contributed by atoms with Crippen LogP contribution < -0.4 is 9.50 Å². The third-order valence-corrected chi connectivity index (χ3v) is 5.72. The number of nitro groups is 1. The normalized spacial score (nSPS) is 11.3. The number of anilines is 1. The Labute approximate surface area is 193 Å². The van der Waals surface area contributed by atoms with Crippen LogP contribution in [0.15, 0.2) is 83.3 Å². The summed E-state index contributed by atoms with van der Waals surface area (Å²) in [5.74, 6) is -0.837. The Bertz CT molecular complexity index is 1400. The van der Waals surface area contributed by atoms with Gasteiger partial charge in [-0.25, -0.2) is 0 Å². The summed E-state index contributed by atoms with van der Waals surface area (Å²) < 4.78 is 30.2. The summed E-state index contributed by atoms with van der Waals surface area (Å²) in [6.07, 6.45) is 1.25. The van der Waals surface area contributed by atoms with E-state index >= 15 is 0 Å². The van der Waals surface area contributed by atoms with Crippen molar-refractivity contribution < 1.29 is 22.3 Å². The maximum atomic E-state index is 12.6. The predicted molar refractivity (Wildman–Crippen MR) is 121 cm³/mol. The summed E-state index contributed by atoms with van der Waals surface area (Å²) in [4.78, 5) is 22.1. The molecule has 0 heterocycles. The molecule has 0 radical (unpaired) electrons. The highest BCUT2D eigenvalue weighted by molar-refractivity contribution is 7.87. The number of nitriles is 1. The van der Waals surface area contributed by atoms with Gasteiger partial charge in [0, 0.05) is 16.8 Å². The molecule has 3 aromatic rings. The number of rotatable bonds is 7. The van der Waals surface area contributed by atoms with Crippen LogP contribution in [0.25, 0.3) is 6.08 Å². The zero-order valence-electron chi connectivity index (χ0n) is 16.6. The molecule has 3 aromatic carbocycles. The van der Waals surface area contributed by atoms with Crippen molar-refractivity contribution in [1.82, 2.24) is 0 Å². The van der Waals surface area contributed by atoms with Crippen molar-refractivity contribution in [3.05, 3.63) is 99.1 Å². The highest BCUT2D eigenvalue weighted by Crippen LogP contribution is 2.27. The number of hydrogen-bond donors (Lipinski definition) is 1. The first kappa shape index (κ1) is 23.5. The largest absolute Gasteiger partial charge is 0.379 e. The Morgan fingerprint density at radius 1 is 1.09 bits per heavy atom. The summed E-state index contributed by atoms with van der Waals surface area (Å²) in [6, 6.07) is 18.4. The van der Waals surface area contributed by atoms with E-state index in [9.17, 15) is 28.6 Å². The minimum Gasteiger partial charge on any atom is -0.379 e. The lowest BCUT2D eigenvalue weighted by molar-refractivity contribution is -0.387. The van der Waals surface area contributed by atoms with Crippen molar-refractivity contribution in [2.75, 3.05) is 5.32 Å². The Morgan fingerprint density at radius 2 is 1.79 bits per heavy atom. The number of halogens is 1. The molecule has 9 nitrogen and oxygen atoms in total. The zero-order chi connectivity index (χ0) is 24.0. The van der Waals surface area contributed by atoms with Gasteiger partial charge in [0.25, 0.3) is 11.6 Å². The lowest BCUT2D eigenvalue weighted by Gasteiger charge is -2.08. The van der Waals surface area contributed by atoms with Crippen molar-refractivity contribution in [2.24, 2.45) is 0 Å². The molecule has 0 aliphatic carbocycles. The van der Waals surface area contributed by atoms with Crippen LogP contribution in [0.2, 0.25) is 5.02 Å². The maximum absolute atomic E-state index is 12.6. The van der Waals surface area contributed by atoms with Crippen LogP contribution in [0.4, 0.5) is 11.4 Å². The fourth-order valence-corrected chi connectivity index (χ4v) is 3.91. The van der Waals surface area contributed by atoms with Crippen LogP contribution in [-0.4, -0.2) is 19.2 Å². The number of nitro benzene ring substituents is 1. The minimum atomic E-state index is -4.52. The van der Waals surface area contributed by atoms with Gasteiger partial charge in [0.15, 0.2) is 4.90 Å². The number of nitrogens with zero attached hydrogens (tertiary/aromatic N) is 2. The third-order valence-electron chi connectivity index (χ3n) is 4.17. The van der Waals surface area contributed by atoms with Crippen molar-refractivity contribution in [3.63, 3.8) is 0 Å². The lowest BCUT2D eigenvalue weighted by atomic mass is 10.1. The van der Waals surface area contributed by atoms with Gasteiger partial charge in [0.1, 0.15) is 17.4 Å². The number of benzene rings is 3. The van der Waals surface area contributed by atoms with E-state index in [4.69, 9.17) is 15.8 Å². The molecule has 3 rings (SSSR count). The average molecular weight is 484 g/mol. The summed E-state index contributed by atoms with van der Waals surface area (Å²) in [7, 11) is -4.52. The molecule has 1 amide bonds. The van der Waals surface area contributed by atoms with E-state index in [-0.39, 0.29) is 11.3 Å². The van der Waals surface area contributed by atoms with Gasteiger partial charge in [-0.1, -0.05) is 35.9 Å². The monoisotopic (exact) mass is 483 g/mol. The Morgan fingerprint density at radius 3 is 2.45 bits per heavy atom. The molecule has 0 spiro atoms. The van der Waals surface area contributed by atoms with Gasteiger partial charge < -0.3 is 9.50 Å². The van der Waals surface area contributed by atoms with Gasteiger partial charge in [0.2, 0.25) is 0 Å². The second kappa shape index (κ2) is 9.95. The van der Waals surface area contributed by atoms with Gasteiger partial charge in [0.05, 0.1) is 4.92 Å². The Kier molecular flexibility index (Phi) is 7.07. The number of para-hydroxylation sites is 1. The average Bonchev–Trinajstić information content (AvgIpc) is 2.79. The number of carbonyl (C=O) groups is 1. The van der Waals surface area contributed by atoms with Crippen LogP contribution in [0.5, 0.6) is 5.75 Å². The molecule has 0 fully saturated rings. The van der Waals surface area contributed by atoms with Crippen molar-refractivity contribution in [1.29, 1.82) is 5.26 Å². The van der Waals surface area contributed by atoms with Gasteiger partial charge in [-0.3, -0.25) is 14.9 Å². The summed E-state index contributed by atoms with van der Waals surface area (Å²) in [5, 5.41) is 23.6. The molecule has 0 saturated carbocycles. The van der Waals surface area contributed by atoms with E-state index < -0.39 is 31.5 Å². The van der Waals surface area contributed by atoms with Gasteiger partial charge in [-0.2, -0.15) is 13.7 Å². The number of nitrogens with one attached hydrogen (secondary N) is 1. The molecule has 1 N–H and O–H groups in total. The van der Waals surface area contributed by atoms with E-state index in [2.05, 4.69) is 5.32 Å². The van der Waals surface area contributed by atoms with Crippen LogP contribution in [0.1, 0.15) is 5.56 Å². The summed E-state index contributed by atoms with van der Waals surface area (Å²) in [6.45, 7) is 0. The molecular weight excluding hydrogens is 470 g/mol. The van der Waals surface area contributed by atoms with Crippen LogP contribution >= 0.6 is 11.6 Å². The molecule has 0 unspecified atom stereocenters. The topological polar surface area (TPSA) is 139 Å². The molecule has 0 bridgehead atoms. The van der Waals surface area contributed by atoms with Gasteiger partial charge in [-0.05, 0) is 54.1 Å². The first-order valence-corrected chi connectivity index (χ1v) is 10.9.